The highest BCUT2D eigenvalue weighted by atomic mass is 79.9. The summed E-state index contributed by atoms with van der Waals surface area (Å²) in [5, 5.41) is 0. The quantitative estimate of drug-likeness (QED) is 0.757. The normalized spacial score (nSPS) is 17.9. The molecule has 0 fully saturated rings. The Hall–Kier alpha value is -1.95. The molecule has 1 aliphatic rings. The van der Waals surface area contributed by atoms with Gasteiger partial charge in [0.15, 0.2) is 11.6 Å². The first-order chi connectivity index (χ1) is 9.16. The molecule has 3 heterocycles. The Morgan fingerprint density at radius 2 is 2.21 bits per heavy atom. The molecule has 0 N–H and O–H groups in total. The highest BCUT2D eigenvalue weighted by molar-refractivity contribution is 9.10. The third-order valence-electron chi connectivity index (χ3n) is 2.91. The lowest BCUT2D eigenvalue weighted by Gasteiger charge is -2.30. The van der Waals surface area contributed by atoms with Crippen molar-refractivity contribution in [3.8, 4) is 5.75 Å². The highest BCUT2D eigenvalue weighted by Crippen LogP contribution is 2.37. The summed E-state index contributed by atoms with van der Waals surface area (Å²) >= 11 is 3.28. The van der Waals surface area contributed by atoms with Gasteiger partial charge in [0.25, 0.3) is 5.91 Å². The number of hydrogen-bond acceptors (Lipinski definition) is 4. The van der Waals surface area contributed by atoms with Gasteiger partial charge in [-0.15, -0.1) is 0 Å². The van der Waals surface area contributed by atoms with E-state index in [0.29, 0.717) is 16.2 Å². The van der Waals surface area contributed by atoms with Crippen LogP contribution in [-0.2, 0) is 4.79 Å². The van der Waals surface area contributed by atoms with Crippen molar-refractivity contribution in [2.75, 3.05) is 11.9 Å². The average molecular weight is 320 g/mol. The Labute approximate surface area is 118 Å². The second-order valence-electron chi connectivity index (χ2n) is 4.14. The second kappa shape index (κ2) is 4.62. The number of rotatable bonds is 1. The number of aromatic nitrogens is 2. The third-order valence-corrected chi connectivity index (χ3v) is 3.35. The molecular formula is C13H10BrN3O2. The number of pyridine rings is 2. The van der Waals surface area contributed by atoms with Crippen LogP contribution in [0, 0.1) is 0 Å². The van der Waals surface area contributed by atoms with E-state index in [0.717, 1.165) is 5.56 Å². The van der Waals surface area contributed by atoms with Gasteiger partial charge in [-0.1, -0.05) is 6.07 Å². The Morgan fingerprint density at radius 1 is 1.37 bits per heavy atom. The topological polar surface area (TPSA) is 55.3 Å². The fraction of sp³-hybridized carbons (Fsp3) is 0.154. The molecule has 6 heteroatoms. The molecule has 1 aliphatic heterocycles. The van der Waals surface area contributed by atoms with E-state index < -0.39 is 6.10 Å². The molecule has 3 rings (SSSR count). The number of amides is 1. The molecular weight excluding hydrogens is 310 g/mol. The minimum absolute atomic E-state index is 0.161. The van der Waals surface area contributed by atoms with Gasteiger partial charge in [0, 0.05) is 25.0 Å². The van der Waals surface area contributed by atoms with Gasteiger partial charge in [-0.05, 0) is 34.1 Å². The van der Waals surface area contributed by atoms with Crippen LogP contribution < -0.4 is 9.64 Å². The summed E-state index contributed by atoms with van der Waals surface area (Å²) in [6.45, 7) is 0. The number of halogens is 1. The monoisotopic (exact) mass is 319 g/mol. The molecule has 1 atom stereocenters. The summed E-state index contributed by atoms with van der Waals surface area (Å²) < 4.78 is 6.40. The zero-order valence-corrected chi connectivity index (χ0v) is 11.7. The summed E-state index contributed by atoms with van der Waals surface area (Å²) in [5.41, 5.74) is 0.730. The lowest BCUT2D eigenvalue weighted by molar-refractivity contribution is -0.126. The zero-order valence-electron chi connectivity index (χ0n) is 10.1. The minimum atomic E-state index is -0.672. The maximum Gasteiger partial charge on any atom is 0.273 e. The average Bonchev–Trinajstić information content (AvgIpc) is 2.44. The van der Waals surface area contributed by atoms with Gasteiger partial charge in [-0.25, -0.2) is 4.98 Å². The van der Waals surface area contributed by atoms with Crippen LogP contribution in [-0.4, -0.2) is 22.9 Å². The van der Waals surface area contributed by atoms with E-state index in [9.17, 15) is 4.79 Å². The molecule has 2 aromatic rings. The van der Waals surface area contributed by atoms with Gasteiger partial charge in [-0.2, -0.15) is 0 Å². The fourth-order valence-corrected chi connectivity index (χ4v) is 2.24. The summed E-state index contributed by atoms with van der Waals surface area (Å²) in [6.07, 6.45) is 2.62. The first-order valence-electron chi connectivity index (χ1n) is 5.67. The molecule has 1 amide bonds. The van der Waals surface area contributed by atoms with Crippen molar-refractivity contribution >= 4 is 27.7 Å². The molecule has 0 radical (unpaired) electrons. The van der Waals surface area contributed by atoms with Crippen LogP contribution in [0.15, 0.2) is 41.3 Å². The van der Waals surface area contributed by atoms with Crippen LogP contribution in [0.3, 0.4) is 0 Å². The predicted molar refractivity (Wildman–Crippen MR) is 73.0 cm³/mol. The molecule has 1 unspecified atom stereocenters. The van der Waals surface area contributed by atoms with Gasteiger partial charge in [-0.3, -0.25) is 14.7 Å². The third kappa shape index (κ3) is 2.08. The molecule has 96 valence electrons. The van der Waals surface area contributed by atoms with Crippen LogP contribution in [0.25, 0.3) is 0 Å². The number of hydrogen-bond donors (Lipinski definition) is 0. The first-order valence-corrected chi connectivity index (χ1v) is 6.47. The second-order valence-corrected chi connectivity index (χ2v) is 4.95. The van der Waals surface area contributed by atoms with E-state index in [4.69, 9.17) is 4.74 Å². The molecule has 2 aromatic heterocycles. The largest absolute Gasteiger partial charge is 0.472 e. The summed E-state index contributed by atoms with van der Waals surface area (Å²) in [7, 11) is 1.69. The van der Waals surface area contributed by atoms with E-state index in [2.05, 4.69) is 25.9 Å². The van der Waals surface area contributed by atoms with Crippen molar-refractivity contribution in [1.82, 2.24) is 9.97 Å². The van der Waals surface area contributed by atoms with Crippen LogP contribution in [0.4, 0.5) is 5.82 Å². The molecule has 0 bridgehead atoms. The summed E-state index contributed by atoms with van der Waals surface area (Å²) in [6, 6.07) is 7.17. The van der Waals surface area contributed by atoms with Crippen molar-refractivity contribution in [2.45, 2.75) is 6.10 Å². The van der Waals surface area contributed by atoms with Crippen molar-refractivity contribution in [1.29, 1.82) is 0 Å². The van der Waals surface area contributed by atoms with E-state index in [1.807, 2.05) is 6.07 Å². The van der Waals surface area contributed by atoms with Crippen LogP contribution in [0.2, 0.25) is 0 Å². The van der Waals surface area contributed by atoms with Crippen molar-refractivity contribution in [3.63, 3.8) is 0 Å². The molecule has 19 heavy (non-hydrogen) atoms. The predicted octanol–water partition coefficient (Wildman–Crippen LogP) is 2.34. The Kier molecular flexibility index (Phi) is 2.94. The number of likely N-dealkylation sites (N-methyl/N-ethyl adjacent to an activating group) is 1. The maximum absolute atomic E-state index is 12.3. The van der Waals surface area contributed by atoms with Gasteiger partial charge in [0.2, 0.25) is 6.10 Å². The maximum atomic E-state index is 12.3. The Balaban J connectivity index is 2.04. The molecule has 0 spiro atoms. The summed E-state index contributed by atoms with van der Waals surface area (Å²) in [4.78, 5) is 22.1. The Bertz CT molecular complexity index is 633. The lowest BCUT2D eigenvalue weighted by Crippen LogP contribution is -2.39. The number of nitrogens with zero attached hydrogens (tertiary/aromatic N) is 3. The first kappa shape index (κ1) is 12.1. The Morgan fingerprint density at radius 3 is 2.95 bits per heavy atom. The SMILES string of the molecule is CN1C(=O)C(c2cccnc2)Oc2ccc(Br)nc21. The van der Waals surface area contributed by atoms with Gasteiger partial charge in [0.05, 0.1) is 0 Å². The van der Waals surface area contributed by atoms with Crippen LogP contribution in [0.5, 0.6) is 5.75 Å². The number of carbonyl (C=O) groups excluding carboxylic acids is 1. The van der Waals surface area contributed by atoms with Gasteiger partial charge < -0.3 is 4.74 Å². The van der Waals surface area contributed by atoms with Gasteiger partial charge >= 0.3 is 0 Å². The van der Waals surface area contributed by atoms with Crippen molar-refractivity contribution < 1.29 is 9.53 Å². The minimum Gasteiger partial charge on any atom is -0.472 e. The van der Waals surface area contributed by atoms with Crippen molar-refractivity contribution in [2.24, 2.45) is 0 Å². The highest BCUT2D eigenvalue weighted by Gasteiger charge is 2.34. The van der Waals surface area contributed by atoms with E-state index in [-0.39, 0.29) is 5.91 Å². The molecule has 5 nitrogen and oxygen atoms in total. The van der Waals surface area contributed by atoms with E-state index in [1.165, 1.54) is 4.90 Å². The zero-order chi connectivity index (χ0) is 13.4. The van der Waals surface area contributed by atoms with Gasteiger partial charge in [0.1, 0.15) is 4.60 Å². The molecule has 0 aliphatic carbocycles. The smallest absolute Gasteiger partial charge is 0.273 e. The van der Waals surface area contributed by atoms with Crippen molar-refractivity contribution in [3.05, 3.63) is 46.8 Å². The van der Waals surface area contributed by atoms with Crippen LogP contribution in [0.1, 0.15) is 11.7 Å². The van der Waals surface area contributed by atoms with Crippen LogP contribution >= 0.6 is 15.9 Å². The lowest BCUT2D eigenvalue weighted by atomic mass is 10.1. The number of fused-ring (bicyclic) bond motifs is 1. The molecule has 0 saturated heterocycles. The van der Waals surface area contributed by atoms with E-state index in [1.54, 1.807) is 37.6 Å². The fourth-order valence-electron chi connectivity index (χ4n) is 1.94. The number of anilines is 1. The number of carbonyl (C=O) groups is 1. The number of ether oxygens (including phenoxy) is 1. The van der Waals surface area contributed by atoms with E-state index >= 15 is 0 Å². The molecule has 0 aromatic carbocycles. The standard InChI is InChI=1S/C13H10BrN3O2/c1-17-12-9(4-5-10(14)16-12)19-11(13(17)18)8-3-2-6-15-7-8/h2-7,11H,1H3. The molecule has 0 saturated carbocycles. The summed E-state index contributed by atoms with van der Waals surface area (Å²) in [5.74, 6) is 0.935.